The molecule has 0 saturated carbocycles. The second kappa shape index (κ2) is 19.8. The third-order valence-corrected chi connectivity index (χ3v) is 14.1. The Kier molecular flexibility index (Phi) is 8.23. The van der Waals surface area contributed by atoms with Gasteiger partial charge in [0.25, 0.3) is 6.33 Å². The van der Waals surface area contributed by atoms with Gasteiger partial charge in [0.05, 0.1) is 58.1 Å². The predicted molar refractivity (Wildman–Crippen MR) is 327 cm³/mol. The van der Waals surface area contributed by atoms with E-state index in [9.17, 15) is 12.3 Å². The minimum absolute atomic E-state index is 0.0654. The Morgan fingerprint density at radius 1 is 0.456 bits per heavy atom. The molecule has 0 aliphatic heterocycles. The lowest BCUT2D eigenvalue weighted by Gasteiger charge is -2.20. The zero-order valence-electron chi connectivity index (χ0n) is 62.1. The maximum atomic E-state index is 10.3. The molecule has 13 aromatic rings. The van der Waals surface area contributed by atoms with Crippen molar-refractivity contribution in [1.29, 1.82) is 0 Å². The number of para-hydroxylation sites is 2. The van der Waals surface area contributed by atoms with Gasteiger partial charge in [-0.2, -0.15) is 0 Å². The van der Waals surface area contributed by atoms with E-state index in [0.717, 1.165) is 49.9 Å². The number of imidazole rings is 1. The molecule has 0 aliphatic rings. The standard InChI is InChI=1S/C74H60N4O/c1-73(2,3)58-35-32-52(33-36-58)54-34-39-68-70(45-54)76(60-26-18-27-61(47-60)79-62-37-38-66-65-28-16-17-31-67(65)78(69(66)48-62)71-46-59(40-41-75-71)74(4,5)6)49-77(68)72-63(53-24-14-9-15-25-53)29-19-30-64(72)57-43-55(50-20-10-7-11-21-50)42-56(44-57)51-22-12-8-13-23-51/h7-48H,1-6H3/i7D,8D,9D,10D,11D,12D,13D,14D,15D,20D,21D,22D,23D,24D,25D,42D,43D,44D. The minimum Gasteiger partial charge on any atom is -0.458 e. The fraction of sp³-hybridized carbons (Fsp3) is 0.108. The normalized spacial score (nSPS) is 15.1. The van der Waals surface area contributed by atoms with Crippen LogP contribution in [-0.2, 0) is 10.8 Å². The largest absolute Gasteiger partial charge is 0.458 e. The molecule has 0 aliphatic carbocycles. The predicted octanol–water partition coefficient (Wildman–Crippen LogP) is 18.9. The summed E-state index contributed by atoms with van der Waals surface area (Å²) in [6.45, 7) is 12.8. The van der Waals surface area contributed by atoms with Gasteiger partial charge in [0.1, 0.15) is 17.3 Å². The van der Waals surface area contributed by atoms with Crippen molar-refractivity contribution in [2.75, 3.05) is 0 Å². The number of aromatic nitrogens is 4. The molecule has 0 spiro atoms. The molecule has 5 nitrogen and oxygen atoms in total. The van der Waals surface area contributed by atoms with Crippen molar-refractivity contribution in [3.8, 4) is 84.3 Å². The Labute approximate surface area is 488 Å². The van der Waals surface area contributed by atoms with Gasteiger partial charge in [-0.1, -0.05) is 211 Å². The monoisotopic (exact) mass is 1040 g/mol. The molecule has 0 N–H and O–H groups in total. The fourth-order valence-electron chi connectivity index (χ4n) is 10.1. The zero-order valence-corrected chi connectivity index (χ0v) is 44.1. The molecule has 3 heterocycles. The molecule has 3 aromatic heterocycles. The highest BCUT2D eigenvalue weighted by Gasteiger charge is 2.23. The molecule has 5 heteroatoms. The van der Waals surface area contributed by atoms with Crippen LogP contribution in [0.1, 0.15) is 77.3 Å². The number of hydrogen-bond donors (Lipinski definition) is 0. The average molecular weight is 1040 g/mol. The molecule has 0 bridgehead atoms. The van der Waals surface area contributed by atoms with E-state index in [-0.39, 0.29) is 33.2 Å². The van der Waals surface area contributed by atoms with Crippen molar-refractivity contribution >= 4 is 32.8 Å². The molecular formula is C74H60N4O. The van der Waals surface area contributed by atoms with Crippen LogP contribution in [0.15, 0.2) is 254 Å². The van der Waals surface area contributed by atoms with Crippen molar-refractivity contribution in [2.45, 2.75) is 52.4 Å². The summed E-state index contributed by atoms with van der Waals surface area (Å²) in [5, 5.41) is 2.00. The van der Waals surface area contributed by atoms with Gasteiger partial charge in [-0.05, 0) is 150 Å². The first-order chi connectivity index (χ1) is 45.9. The van der Waals surface area contributed by atoms with E-state index in [1.807, 2.05) is 72.9 Å². The highest BCUT2D eigenvalue weighted by atomic mass is 16.5. The maximum Gasteiger partial charge on any atom is 0.269 e. The van der Waals surface area contributed by atoms with Gasteiger partial charge >= 0.3 is 0 Å². The highest BCUT2D eigenvalue weighted by Crippen LogP contribution is 2.41. The molecule has 0 radical (unpaired) electrons. The SMILES string of the molecule is [2H]c1c([2H])c([2H])c(-c2cccc(-c3c([2H])c(-c4c([2H])c([2H])c([2H])c([2H])c4[2H])c([2H])c(-c4c([2H])c([2H])c([2H])c([2H])c4[2H])c3[2H])c2-[n+]2[c-]n(-c3cccc(Oc4ccc5c6ccccc6n(-c6cc(C(C)(C)C)ccn6)c5c4)c3)c3cc(-c4ccc(C(C)(C)C)cc4)ccc32)c([2H])c1[2H]. The average Bonchev–Trinajstić information content (AvgIpc) is 0.995. The molecule has 0 amide bonds. The van der Waals surface area contributed by atoms with Crippen LogP contribution in [0.25, 0.3) is 106 Å². The van der Waals surface area contributed by atoms with Gasteiger partial charge < -0.3 is 4.74 Å². The van der Waals surface area contributed by atoms with E-state index in [1.165, 1.54) is 22.8 Å². The van der Waals surface area contributed by atoms with Crippen LogP contribution in [0, 0.1) is 6.33 Å². The second-order valence-corrected chi connectivity index (χ2v) is 21.3. The minimum atomic E-state index is -0.870. The third-order valence-electron chi connectivity index (χ3n) is 14.1. The summed E-state index contributed by atoms with van der Waals surface area (Å²) in [6, 6.07) is 29.4. The first-order valence-electron chi connectivity index (χ1n) is 34.8. The number of hydrogen-bond acceptors (Lipinski definition) is 2. The summed E-state index contributed by atoms with van der Waals surface area (Å²) in [5.74, 6) is 1.63. The zero-order chi connectivity index (χ0) is 69.5. The molecule has 13 rings (SSSR count). The van der Waals surface area contributed by atoms with Gasteiger partial charge in [-0.25, -0.2) is 4.98 Å². The first-order valence-corrected chi connectivity index (χ1v) is 25.8. The number of fused-ring (bicyclic) bond motifs is 4. The van der Waals surface area contributed by atoms with Gasteiger partial charge in [0.15, 0.2) is 0 Å². The van der Waals surface area contributed by atoms with Gasteiger partial charge in [0.2, 0.25) is 0 Å². The Bertz CT molecular complexity index is 5330. The van der Waals surface area contributed by atoms with E-state index >= 15 is 0 Å². The molecule has 0 unspecified atom stereocenters. The molecule has 79 heavy (non-hydrogen) atoms. The van der Waals surface area contributed by atoms with E-state index in [0.29, 0.717) is 28.2 Å². The fourth-order valence-corrected chi connectivity index (χ4v) is 10.1. The topological polar surface area (TPSA) is 35.9 Å². The van der Waals surface area contributed by atoms with Gasteiger partial charge in [-0.15, -0.1) is 0 Å². The molecule has 0 fully saturated rings. The van der Waals surface area contributed by atoms with Crippen LogP contribution in [0.3, 0.4) is 0 Å². The Balaban J connectivity index is 1.11. The molecule has 10 aromatic carbocycles. The van der Waals surface area contributed by atoms with Crippen molar-refractivity contribution in [3.63, 3.8) is 0 Å². The van der Waals surface area contributed by atoms with Gasteiger partial charge in [-0.3, -0.25) is 13.7 Å². The van der Waals surface area contributed by atoms with Crippen molar-refractivity contribution < 1.29 is 34.0 Å². The number of pyridine rings is 1. The molecule has 0 atom stereocenters. The lowest BCUT2D eigenvalue weighted by atomic mass is 9.86. The molecule has 382 valence electrons. The van der Waals surface area contributed by atoms with Crippen LogP contribution in [0.4, 0.5) is 0 Å². The number of benzene rings is 10. The van der Waals surface area contributed by atoms with Crippen LogP contribution >= 0.6 is 0 Å². The first kappa shape index (κ1) is 32.9. The summed E-state index contributed by atoms with van der Waals surface area (Å²) < 4.78 is 177. The van der Waals surface area contributed by atoms with Crippen LogP contribution in [-0.4, -0.2) is 14.1 Å². The van der Waals surface area contributed by atoms with E-state index in [1.54, 1.807) is 28.8 Å². The van der Waals surface area contributed by atoms with E-state index in [2.05, 4.69) is 82.8 Å². The van der Waals surface area contributed by atoms with Crippen LogP contribution in [0.5, 0.6) is 11.5 Å². The smallest absolute Gasteiger partial charge is 0.269 e. The number of rotatable bonds is 10. The molecular weight excluding hydrogens is 961 g/mol. The maximum absolute atomic E-state index is 10.3. The Morgan fingerprint density at radius 2 is 1.05 bits per heavy atom. The number of nitrogens with zero attached hydrogens (tertiary/aromatic N) is 4. The summed E-state index contributed by atoms with van der Waals surface area (Å²) in [5.41, 5.74) is 2.86. The van der Waals surface area contributed by atoms with Gasteiger partial charge in [0, 0.05) is 23.0 Å². The lowest BCUT2D eigenvalue weighted by molar-refractivity contribution is -0.571. The summed E-state index contributed by atoms with van der Waals surface area (Å²) in [6.07, 6.45) is 5.33. The van der Waals surface area contributed by atoms with E-state index in [4.69, 9.17) is 22.1 Å². The highest BCUT2D eigenvalue weighted by molar-refractivity contribution is 6.09. The van der Waals surface area contributed by atoms with Crippen molar-refractivity contribution in [2.24, 2.45) is 0 Å². The van der Waals surface area contributed by atoms with Crippen molar-refractivity contribution in [1.82, 2.24) is 14.1 Å². The Hall–Kier alpha value is -9.58. The van der Waals surface area contributed by atoms with Crippen molar-refractivity contribution in [3.05, 3.63) is 272 Å². The van der Waals surface area contributed by atoms with Crippen LogP contribution in [0.2, 0.25) is 0 Å². The quantitative estimate of drug-likeness (QED) is 0.101. The summed E-state index contributed by atoms with van der Waals surface area (Å²) >= 11 is 0. The second-order valence-electron chi connectivity index (χ2n) is 21.3. The third kappa shape index (κ3) is 9.38. The van der Waals surface area contributed by atoms with E-state index < -0.39 is 137 Å². The summed E-state index contributed by atoms with van der Waals surface area (Å²) in [7, 11) is 0. The Morgan fingerprint density at radius 3 is 1.73 bits per heavy atom. The summed E-state index contributed by atoms with van der Waals surface area (Å²) in [4.78, 5) is 4.86. The lowest BCUT2D eigenvalue weighted by Crippen LogP contribution is -2.31. The number of ether oxygens (including phenoxy) is 1. The van der Waals surface area contributed by atoms with Crippen LogP contribution < -0.4 is 9.30 Å². The molecule has 0 saturated heterocycles.